The highest BCUT2D eigenvalue weighted by molar-refractivity contribution is 5.87. The van der Waals surface area contributed by atoms with Crippen LogP contribution in [0.3, 0.4) is 0 Å². The van der Waals surface area contributed by atoms with Crippen molar-refractivity contribution in [1.29, 1.82) is 5.26 Å². The molecule has 2 aromatic heterocycles. The van der Waals surface area contributed by atoms with E-state index < -0.39 is 0 Å². The molecule has 1 aromatic carbocycles. The van der Waals surface area contributed by atoms with Gasteiger partial charge in [-0.05, 0) is 30.7 Å². The first-order valence-electron chi connectivity index (χ1n) is 11.8. The van der Waals surface area contributed by atoms with Crippen molar-refractivity contribution < 1.29 is 4.79 Å². The second-order valence-electron chi connectivity index (χ2n) is 8.85. The minimum atomic E-state index is 0.195. The number of aryl methyl sites for hydroxylation is 1. The van der Waals surface area contributed by atoms with Gasteiger partial charge in [-0.25, -0.2) is 9.97 Å². The number of nitriles is 1. The molecule has 0 bridgehead atoms. The van der Waals surface area contributed by atoms with Gasteiger partial charge in [0.25, 0.3) is 0 Å². The molecular weight excluding hydrogens is 430 g/mol. The van der Waals surface area contributed by atoms with Crippen LogP contribution in [0.15, 0.2) is 36.8 Å². The molecule has 0 N–H and O–H groups in total. The van der Waals surface area contributed by atoms with Gasteiger partial charge in [0.15, 0.2) is 5.65 Å². The topological polar surface area (TPSA) is 97.4 Å². The van der Waals surface area contributed by atoms with Crippen molar-refractivity contribution in [3.63, 3.8) is 0 Å². The summed E-state index contributed by atoms with van der Waals surface area (Å²) in [6, 6.07) is 9.91. The largest absolute Gasteiger partial charge is 0.370 e. The normalized spacial score (nSPS) is 17.6. The molecule has 10 heteroatoms. The zero-order valence-corrected chi connectivity index (χ0v) is 19.5. The number of benzene rings is 1. The van der Waals surface area contributed by atoms with Crippen molar-refractivity contribution >= 4 is 28.4 Å². The Hall–Kier alpha value is -3.71. The molecular formula is C24H29N9O. The van der Waals surface area contributed by atoms with Crippen LogP contribution in [0, 0.1) is 11.3 Å². The van der Waals surface area contributed by atoms with Crippen LogP contribution >= 0.6 is 0 Å². The van der Waals surface area contributed by atoms with Crippen molar-refractivity contribution in [2.24, 2.45) is 7.05 Å². The third kappa shape index (κ3) is 4.52. The lowest BCUT2D eigenvalue weighted by Crippen LogP contribution is -2.51. The lowest BCUT2D eigenvalue weighted by Gasteiger charge is -2.36. The average Bonchev–Trinajstić information content (AvgIpc) is 3.11. The van der Waals surface area contributed by atoms with Crippen LogP contribution in [0.1, 0.15) is 12.0 Å². The SMILES string of the molecule is Cn1ncc2c(N3CCN(C(=O)CN4CCCN(c5ccc(C#N)cc5)CC4)CC3)ncnc21. The number of rotatable bonds is 4. The zero-order chi connectivity index (χ0) is 23.5. The molecule has 0 radical (unpaired) electrons. The Balaban J connectivity index is 1.14. The number of carbonyl (C=O) groups excluding carboxylic acids is 1. The molecule has 0 spiro atoms. The average molecular weight is 460 g/mol. The van der Waals surface area contributed by atoms with Gasteiger partial charge in [-0.2, -0.15) is 10.4 Å². The zero-order valence-electron chi connectivity index (χ0n) is 19.5. The van der Waals surface area contributed by atoms with Crippen molar-refractivity contribution in [2.45, 2.75) is 6.42 Å². The van der Waals surface area contributed by atoms with Gasteiger partial charge in [-0.1, -0.05) is 0 Å². The molecule has 0 saturated carbocycles. The highest BCUT2D eigenvalue weighted by atomic mass is 16.2. The number of fused-ring (bicyclic) bond motifs is 1. The number of piperazine rings is 1. The molecule has 2 aliphatic heterocycles. The van der Waals surface area contributed by atoms with E-state index >= 15 is 0 Å². The second kappa shape index (κ2) is 9.65. The summed E-state index contributed by atoms with van der Waals surface area (Å²) in [5.74, 6) is 1.08. The molecule has 2 saturated heterocycles. The number of aromatic nitrogens is 4. The number of amides is 1. The fraction of sp³-hybridized carbons (Fsp3) is 0.458. The van der Waals surface area contributed by atoms with E-state index in [0.717, 1.165) is 68.2 Å². The Bertz CT molecular complexity index is 1190. The van der Waals surface area contributed by atoms with Gasteiger partial charge < -0.3 is 14.7 Å². The molecule has 4 heterocycles. The molecule has 176 valence electrons. The molecule has 1 amide bonds. The van der Waals surface area contributed by atoms with Crippen LogP contribution in [0.5, 0.6) is 0 Å². The number of carbonyl (C=O) groups is 1. The quantitative estimate of drug-likeness (QED) is 0.572. The van der Waals surface area contributed by atoms with Crippen molar-refractivity contribution in [3.05, 3.63) is 42.4 Å². The summed E-state index contributed by atoms with van der Waals surface area (Å²) in [6.07, 6.45) is 4.40. The van der Waals surface area contributed by atoms with Crippen molar-refractivity contribution in [3.8, 4) is 6.07 Å². The van der Waals surface area contributed by atoms with E-state index in [1.807, 2.05) is 42.4 Å². The summed E-state index contributed by atoms with van der Waals surface area (Å²) < 4.78 is 1.75. The summed E-state index contributed by atoms with van der Waals surface area (Å²) >= 11 is 0. The van der Waals surface area contributed by atoms with Crippen molar-refractivity contribution in [1.82, 2.24) is 29.5 Å². The summed E-state index contributed by atoms with van der Waals surface area (Å²) in [4.78, 5) is 30.6. The molecule has 5 rings (SSSR count). The maximum atomic E-state index is 13.0. The number of hydrogen-bond donors (Lipinski definition) is 0. The highest BCUT2D eigenvalue weighted by Gasteiger charge is 2.26. The number of hydrogen-bond acceptors (Lipinski definition) is 8. The van der Waals surface area contributed by atoms with Gasteiger partial charge in [0.2, 0.25) is 5.91 Å². The summed E-state index contributed by atoms with van der Waals surface area (Å²) in [6.45, 7) is 6.94. The standard InChI is InChI=1S/C24H29N9O/c1-29-23-21(16-28-29)24(27-18-26-23)33-13-11-32(12-14-33)22(34)17-30-7-2-8-31(10-9-30)20-5-3-19(15-25)4-6-20/h3-6,16,18H,2,7-14,17H2,1H3. The van der Waals surface area contributed by atoms with E-state index in [4.69, 9.17) is 5.26 Å². The van der Waals surface area contributed by atoms with Gasteiger partial charge in [0.1, 0.15) is 12.1 Å². The van der Waals surface area contributed by atoms with E-state index in [2.05, 4.69) is 35.8 Å². The smallest absolute Gasteiger partial charge is 0.236 e. The number of nitrogens with zero attached hydrogens (tertiary/aromatic N) is 9. The van der Waals surface area contributed by atoms with Gasteiger partial charge in [-0.3, -0.25) is 14.4 Å². The molecule has 0 atom stereocenters. The lowest BCUT2D eigenvalue weighted by molar-refractivity contribution is -0.132. The van der Waals surface area contributed by atoms with Gasteiger partial charge in [0, 0.05) is 65.1 Å². The van der Waals surface area contributed by atoms with Crippen LogP contribution in [0.2, 0.25) is 0 Å². The Kier molecular flexibility index (Phi) is 6.27. The minimum Gasteiger partial charge on any atom is -0.370 e. The van der Waals surface area contributed by atoms with Crippen LogP contribution in [0.25, 0.3) is 11.0 Å². The second-order valence-corrected chi connectivity index (χ2v) is 8.85. The third-order valence-electron chi connectivity index (χ3n) is 6.75. The fourth-order valence-corrected chi connectivity index (χ4v) is 4.79. The Labute approximate surface area is 199 Å². The van der Waals surface area contributed by atoms with E-state index in [9.17, 15) is 4.79 Å². The predicted octanol–water partition coefficient (Wildman–Crippen LogP) is 1.10. The van der Waals surface area contributed by atoms with Crippen LogP contribution in [-0.2, 0) is 11.8 Å². The summed E-state index contributed by atoms with van der Waals surface area (Å²) in [5.41, 5.74) is 2.63. The van der Waals surface area contributed by atoms with E-state index in [0.29, 0.717) is 25.2 Å². The maximum Gasteiger partial charge on any atom is 0.236 e. The molecule has 0 unspecified atom stereocenters. The first-order chi connectivity index (χ1) is 16.6. The van der Waals surface area contributed by atoms with Crippen LogP contribution in [0.4, 0.5) is 11.5 Å². The highest BCUT2D eigenvalue weighted by Crippen LogP contribution is 2.23. The fourth-order valence-electron chi connectivity index (χ4n) is 4.79. The van der Waals surface area contributed by atoms with Crippen LogP contribution in [-0.4, -0.2) is 94.4 Å². The molecule has 3 aromatic rings. The van der Waals surface area contributed by atoms with Gasteiger partial charge in [0.05, 0.1) is 29.8 Å². The first-order valence-corrected chi connectivity index (χ1v) is 11.8. The molecule has 2 aliphatic rings. The van der Waals surface area contributed by atoms with E-state index in [1.165, 1.54) is 0 Å². The lowest BCUT2D eigenvalue weighted by atomic mass is 10.2. The summed E-state index contributed by atoms with van der Waals surface area (Å²) in [7, 11) is 1.88. The van der Waals surface area contributed by atoms with Crippen LogP contribution < -0.4 is 9.80 Å². The Morgan fingerprint density at radius 1 is 0.971 bits per heavy atom. The maximum absolute atomic E-state index is 13.0. The summed E-state index contributed by atoms with van der Waals surface area (Å²) in [5, 5.41) is 14.3. The van der Waals surface area contributed by atoms with Crippen molar-refractivity contribution in [2.75, 3.05) is 68.7 Å². The molecule has 34 heavy (non-hydrogen) atoms. The Morgan fingerprint density at radius 2 is 1.74 bits per heavy atom. The first kappa shape index (κ1) is 22.1. The van der Waals surface area contributed by atoms with E-state index in [1.54, 1.807) is 11.0 Å². The van der Waals surface area contributed by atoms with E-state index in [-0.39, 0.29) is 5.91 Å². The Morgan fingerprint density at radius 3 is 2.50 bits per heavy atom. The molecule has 0 aliphatic carbocycles. The molecule has 10 nitrogen and oxygen atoms in total. The monoisotopic (exact) mass is 459 g/mol. The minimum absolute atomic E-state index is 0.195. The number of anilines is 2. The molecule has 2 fully saturated rings. The third-order valence-corrected chi connectivity index (χ3v) is 6.75. The van der Waals surface area contributed by atoms with Gasteiger partial charge >= 0.3 is 0 Å². The predicted molar refractivity (Wildman–Crippen MR) is 130 cm³/mol. The van der Waals surface area contributed by atoms with Gasteiger partial charge in [-0.15, -0.1) is 0 Å².